The van der Waals surface area contributed by atoms with E-state index in [1.165, 1.54) is 34.8 Å². The van der Waals surface area contributed by atoms with Crippen LogP contribution in [0.5, 0.6) is 0 Å². The maximum absolute atomic E-state index is 13.3. The van der Waals surface area contributed by atoms with Crippen LogP contribution in [0.25, 0.3) is 0 Å². The second-order valence-electron chi connectivity index (χ2n) is 8.61. The summed E-state index contributed by atoms with van der Waals surface area (Å²) in [7, 11) is -7.56. The van der Waals surface area contributed by atoms with Crippen molar-refractivity contribution < 1.29 is 16.8 Å². The highest BCUT2D eigenvalue weighted by Crippen LogP contribution is 2.24. The largest absolute Gasteiger partial charge is 0.317 e. The molecule has 0 saturated heterocycles. The SMILES string of the molecule is CCN(Cc1cnc(S(=O)(=O)Cc2ccccc2C)n1CC(C)C)S(=O)(=O)c1ccc(Cl)cc1. The standard InChI is InChI=1S/C24H30ClN3O4S2/c1-5-27(34(31,32)23-12-10-21(25)11-13-23)16-22-14-26-24(28(22)15-18(2)3)33(29,30)17-20-9-7-6-8-19(20)4/h6-14,18H,5,15-17H2,1-4H3. The molecular formula is C24H30ClN3O4S2. The highest BCUT2D eigenvalue weighted by molar-refractivity contribution is 7.90. The van der Waals surface area contributed by atoms with E-state index in [2.05, 4.69) is 4.98 Å². The molecule has 0 radical (unpaired) electrons. The van der Waals surface area contributed by atoms with Crippen LogP contribution in [0.1, 0.15) is 37.6 Å². The maximum atomic E-state index is 13.3. The van der Waals surface area contributed by atoms with Gasteiger partial charge in [-0.05, 0) is 48.2 Å². The van der Waals surface area contributed by atoms with Crippen molar-refractivity contribution in [1.29, 1.82) is 0 Å². The van der Waals surface area contributed by atoms with Crippen LogP contribution in [-0.4, -0.2) is 37.2 Å². The summed E-state index contributed by atoms with van der Waals surface area (Å²) in [4.78, 5) is 4.38. The number of aromatic nitrogens is 2. The van der Waals surface area contributed by atoms with Crippen molar-refractivity contribution >= 4 is 31.5 Å². The average molecular weight is 524 g/mol. The lowest BCUT2D eigenvalue weighted by molar-refractivity contribution is 0.395. The van der Waals surface area contributed by atoms with Crippen LogP contribution < -0.4 is 0 Å². The van der Waals surface area contributed by atoms with Gasteiger partial charge in [0.1, 0.15) is 0 Å². The van der Waals surface area contributed by atoms with Crippen molar-refractivity contribution in [3.63, 3.8) is 0 Å². The number of imidazole rings is 1. The second kappa shape index (κ2) is 10.6. The van der Waals surface area contributed by atoms with Gasteiger partial charge in [0.05, 0.1) is 29.1 Å². The topological polar surface area (TPSA) is 89.3 Å². The third-order valence-electron chi connectivity index (χ3n) is 5.48. The van der Waals surface area contributed by atoms with Crippen molar-refractivity contribution in [2.45, 2.75) is 56.6 Å². The van der Waals surface area contributed by atoms with Gasteiger partial charge in [0.15, 0.2) is 0 Å². The van der Waals surface area contributed by atoms with Gasteiger partial charge in [-0.2, -0.15) is 4.31 Å². The third kappa shape index (κ3) is 5.89. The molecule has 0 aliphatic heterocycles. The summed E-state index contributed by atoms with van der Waals surface area (Å²) in [6.07, 6.45) is 1.47. The van der Waals surface area contributed by atoms with E-state index in [4.69, 9.17) is 11.6 Å². The first-order chi connectivity index (χ1) is 16.0. The summed E-state index contributed by atoms with van der Waals surface area (Å²) in [6.45, 7) is 8.18. The van der Waals surface area contributed by atoms with Gasteiger partial charge in [-0.15, -0.1) is 0 Å². The molecule has 1 heterocycles. The molecule has 0 aliphatic carbocycles. The number of rotatable bonds is 10. The summed E-state index contributed by atoms with van der Waals surface area (Å²) in [5, 5.41) is 0.403. The van der Waals surface area contributed by atoms with Crippen molar-refractivity contribution in [2.75, 3.05) is 6.54 Å². The highest BCUT2D eigenvalue weighted by atomic mass is 35.5. The molecule has 0 aliphatic rings. The van der Waals surface area contributed by atoms with Crippen LogP contribution in [0.3, 0.4) is 0 Å². The molecule has 0 bridgehead atoms. The fourth-order valence-electron chi connectivity index (χ4n) is 3.67. The van der Waals surface area contributed by atoms with Crippen LogP contribution in [-0.2, 0) is 38.7 Å². The summed E-state index contributed by atoms with van der Waals surface area (Å²) >= 11 is 5.91. The molecule has 10 heteroatoms. The molecule has 1 aromatic heterocycles. The first kappa shape index (κ1) is 26.4. The Kier molecular flexibility index (Phi) is 8.23. The molecule has 0 atom stereocenters. The minimum Gasteiger partial charge on any atom is -0.317 e. The molecular weight excluding hydrogens is 494 g/mol. The second-order valence-corrected chi connectivity index (χ2v) is 12.9. The van der Waals surface area contributed by atoms with Crippen LogP contribution in [0, 0.1) is 12.8 Å². The predicted octanol–water partition coefficient (Wildman–Crippen LogP) is 4.69. The molecule has 0 N–H and O–H groups in total. The Bertz CT molecular complexity index is 1350. The normalized spacial score (nSPS) is 12.6. The lowest BCUT2D eigenvalue weighted by Crippen LogP contribution is -2.31. The van der Waals surface area contributed by atoms with Gasteiger partial charge in [0.2, 0.25) is 25.0 Å². The van der Waals surface area contributed by atoms with Crippen LogP contribution in [0.4, 0.5) is 0 Å². The number of benzene rings is 2. The van der Waals surface area contributed by atoms with Gasteiger partial charge in [-0.25, -0.2) is 21.8 Å². The molecule has 3 aromatic rings. The molecule has 34 heavy (non-hydrogen) atoms. The van der Waals surface area contributed by atoms with Crippen molar-refractivity contribution in [1.82, 2.24) is 13.9 Å². The van der Waals surface area contributed by atoms with E-state index in [1.807, 2.05) is 39.0 Å². The number of halogens is 1. The van der Waals surface area contributed by atoms with E-state index in [0.717, 1.165) is 5.56 Å². The first-order valence-electron chi connectivity index (χ1n) is 11.0. The lowest BCUT2D eigenvalue weighted by atomic mass is 10.1. The average Bonchev–Trinajstić information content (AvgIpc) is 3.16. The highest BCUT2D eigenvalue weighted by Gasteiger charge is 2.28. The lowest BCUT2D eigenvalue weighted by Gasteiger charge is -2.22. The quantitative estimate of drug-likeness (QED) is 0.384. The van der Waals surface area contributed by atoms with Gasteiger partial charge in [0, 0.05) is 18.1 Å². The first-order valence-corrected chi connectivity index (χ1v) is 14.5. The molecule has 7 nitrogen and oxygen atoms in total. The van der Waals surface area contributed by atoms with Gasteiger partial charge >= 0.3 is 0 Å². The van der Waals surface area contributed by atoms with Crippen molar-refractivity contribution in [3.05, 3.63) is 76.6 Å². The zero-order chi connectivity index (χ0) is 25.1. The summed E-state index contributed by atoms with van der Waals surface area (Å²) in [5.41, 5.74) is 2.12. The summed E-state index contributed by atoms with van der Waals surface area (Å²) in [6, 6.07) is 13.3. The number of hydrogen-bond acceptors (Lipinski definition) is 5. The molecule has 184 valence electrons. The molecule has 0 saturated carbocycles. The zero-order valence-electron chi connectivity index (χ0n) is 19.8. The van der Waals surface area contributed by atoms with Gasteiger partial charge in [0.25, 0.3) is 0 Å². The minimum absolute atomic E-state index is 0.00106. The van der Waals surface area contributed by atoms with E-state index < -0.39 is 19.9 Å². The van der Waals surface area contributed by atoms with Gasteiger partial charge in [-0.3, -0.25) is 0 Å². The molecule has 0 amide bonds. The third-order valence-corrected chi connectivity index (χ3v) is 9.24. The molecule has 0 fully saturated rings. The van der Waals surface area contributed by atoms with Crippen molar-refractivity contribution in [3.8, 4) is 0 Å². The fraction of sp³-hybridized carbons (Fsp3) is 0.375. The van der Waals surface area contributed by atoms with E-state index in [1.54, 1.807) is 17.6 Å². The van der Waals surface area contributed by atoms with E-state index >= 15 is 0 Å². The maximum Gasteiger partial charge on any atom is 0.243 e. The Balaban J connectivity index is 1.99. The molecule has 3 rings (SSSR count). The molecule has 0 spiro atoms. The Morgan fingerprint density at radius 3 is 2.26 bits per heavy atom. The Morgan fingerprint density at radius 2 is 1.68 bits per heavy atom. The van der Waals surface area contributed by atoms with Gasteiger partial charge < -0.3 is 4.57 Å². The zero-order valence-corrected chi connectivity index (χ0v) is 22.2. The van der Waals surface area contributed by atoms with E-state index in [0.29, 0.717) is 22.8 Å². The minimum atomic E-state index is -3.81. The smallest absolute Gasteiger partial charge is 0.243 e. The van der Waals surface area contributed by atoms with Crippen molar-refractivity contribution in [2.24, 2.45) is 5.92 Å². The number of nitrogens with zero attached hydrogens (tertiary/aromatic N) is 3. The van der Waals surface area contributed by atoms with Crippen LogP contribution >= 0.6 is 11.6 Å². The van der Waals surface area contributed by atoms with E-state index in [-0.39, 0.29) is 34.8 Å². The van der Waals surface area contributed by atoms with Crippen LogP contribution in [0.2, 0.25) is 5.02 Å². The summed E-state index contributed by atoms with van der Waals surface area (Å²) in [5.74, 6) is -0.0438. The van der Waals surface area contributed by atoms with Crippen LogP contribution in [0.15, 0.2) is 64.8 Å². The fourth-order valence-corrected chi connectivity index (χ4v) is 6.82. The number of hydrogen-bond donors (Lipinski definition) is 0. The number of sulfonamides is 1. The number of sulfone groups is 1. The van der Waals surface area contributed by atoms with E-state index in [9.17, 15) is 16.8 Å². The predicted molar refractivity (Wildman–Crippen MR) is 134 cm³/mol. The van der Waals surface area contributed by atoms with Gasteiger partial charge in [-0.1, -0.05) is 56.6 Å². The molecule has 0 unspecified atom stereocenters. The Labute approximate surface area is 207 Å². The number of aryl methyl sites for hydroxylation is 1. The monoisotopic (exact) mass is 523 g/mol. The Morgan fingerprint density at radius 1 is 1.03 bits per heavy atom. The Hall–Kier alpha value is -2.20. The molecule has 2 aromatic carbocycles. The summed E-state index contributed by atoms with van der Waals surface area (Å²) < 4.78 is 56.1.